The highest BCUT2D eigenvalue weighted by molar-refractivity contribution is 5.84. The van der Waals surface area contributed by atoms with E-state index in [9.17, 15) is 9.59 Å². The summed E-state index contributed by atoms with van der Waals surface area (Å²) in [7, 11) is 0. The fourth-order valence-electron chi connectivity index (χ4n) is 4.74. The molecule has 2 heterocycles. The van der Waals surface area contributed by atoms with Gasteiger partial charge in [0.2, 0.25) is 11.8 Å². The number of nitrogens with zero attached hydrogens (tertiary/aromatic N) is 1. The summed E-state index contributed by atoms with van der Waals surface area (Å²) in [6, 6.07) is 11.2. The number of fused-ring (bicyclic) bond motifs is 1. The van der Waals surface area contributed by atoms with Gasteiger partial charge in [0.1, 0.15) is 0 Å². The van der Waals surface area contributed by atoms with Crippen LogP contribution in [0.15, 0.2) is 30.3 Å². The van der Waals surface area contributed by atoms with E-state index in [4.69, 9.17) is 4.74 Å². The van der Waals surface area contributed by atoms with Gasteiger partial charge in [-0.3, -0.25) is 14.5 Å². The van der Waals surface area contributed by atoms with Crippen LogP contribution in [0, 0.1) is 0 Å². The van der Waals surface area contributed by atoms with E-state index in [1.165, 1.54) is 18.4 Å². The van der Waals surface area contributed by atoms with Crippen LogP contribution in [0.25, 0.3) is 0 Å². The van der Waals surface area contributed by atoms with E-state index >= 15 is 0 Å². The SMILES string of the molecule is O=C(CCC(=O)N[C@@H]1C[C@H]2CO[C@@H](c3ccccc3)CN2C1)NC1CCCC1. The van der Waals surface area contributed by atoms with E-state index in [-0.39, 0.29) is 36.8 Å². The Bertz CT molecular complexity index is 675. The molecule has 1 aromatic rings. The summed E-state index contributed by atoms with van der Waals surface area (Å²) in [6.45, 7) is 2.43. The van der Waals surface area contributed by atoms with Gasteiger partial charge in [-0.1, -0.05) is 43.2 Å². The molecule has 152 valence electrons. The summed E-state index contributed by atoms with van der Waals surface area (Å²) in [4.78, 5) is 26.7. The third-order valence-electron chi connectivity index (χ3n) is 6.25. The molecule has 3 fully saturated rings. The van der Waals surface area contributed by atoms with Crippen molar-refractivity contribution < 1.29 is 14.3 Å². The number of benzene rings is 1. The first-order valence-corrected chi connectivity index (χ1v) is 10.7. The first-order valence-electron chi connectivity index (χ1n) is 10.7. The quantitative estimate of drug-likeness (QED) is 0.787. The highest BCUT2D eigenvalue weighted by atomic mass is 16.5. The van der Waals surface area contributed by atoms with Crippen molar-refractivity contribution in [3.8, 4) is 0 Å². The van der Waals surface area contributed by atoms with Gasteiger partial charge in [0.05, 0.1) is 12.7 Å². The van der Waals surface area contributed by atoms with Crippen molar-refractivity contribution in [2.75, 3.05) is 19.7 Å². The predicted octanol–water partition coefficient (Wildman–Crippen LogP) is 2.16. The van der Waals surface area contributed by atoms with Crippen LogP contribution in [0.5, 0.6) is 0 Å². The maximum atomic E-state index is 12.3. The predicted molar refractivity (Wildman–Crippen MR) is 107 cm³/mol. The van der Waals surface area contributed by atoms with E-state index in [1.54, 1.807) is 0 Å². The molecule has 2 saturated heterocycles. The Balaban J connectivity index is 1.19. The number of hydrogen-bond donors (Lipinski definition) is 2. The molecule has 0 radical (unpaired) electrons. The lowest BCUT2D eigenvalue weighted by Gasteiger charge is -2.35. The minimum atomic E-state index is -0.0213. The second-order valence-corrected chi connectivity index (χ2v) is 8.39. The van der Waals surface area contributed by atoms with Crippen molar-refractivity contribution in [3.63, 3.8) is 0 Å². The maximum Gasteiger partial charge on any atom is 0.220 e. The Hall–Kier alpha value is -1.92. The molecule has 1 aliphatic carbocycles. The number of ether oxygens (including phenoxy) is 1. The van der Waals surface area contributed by atoms with E-state index in [2.05, 4.69) is 27.7 Å². The molecule has 1 saturated carbocycles. The molecule has 0 spiro atoms. The van der Waals surface area contributed by atoms with Crippen LogP contribution in [-0.2, 0) is 14.3 Å². The van der Waals surface area contributed by atoms with Crippen molar-refractivity contribution in [3.05, 3.63) is 35.9 Å². The second-order valence-electron chi connectivity index (χ2n) is 8.39. The van der Waals surface area contributed by atoms with E-state index in [0.717, 1.165) is 32.4 Å². The van der Waals surface area contributed by atoms with Gasteiger partial charge in [0.15, 0.2) is 0 Å². The van der Waals surface area contributed by atoms with Crippen LogP contribution in [0.3, 0.4) is 0 Å². The highest BCUT2D eigenvalue weighted by Gasteiger charge is 2.38. The highest BCUT2D eigenvalue weighted by Crippen LogP contribution is 2.30. The van der Waals surface area contributed by atoms with E-state index < -0.39 is 0 Å². The van der Waals surface area contributed by atoms with Crippen LogP contribution in [0.4, 0.5) is 0 Å². The normalized spacial score (nSPS) is 28.1. The molecular weight excluding hydrogens is 354 g/mol. The fraction of sp³-hybridized carbons (Fsp3) is 0.636. The third kappa shape index (κ3) is 4.92. The van der Waals surface area contributed by atoms with Gasteiger partial charge in [0, 0.05) is 44.1 Å². The van der Waals surface area contributed by atoms with Gasteiger partial charge in [0.25, 0.3) is 0 Å². The number of carbonyl (C=O) groups is 2. The number of rotatable bonds is 6. The van der Waals surface area contributed by atoms with Crippen LogP contribution in [-0.4, -0.2) is 54.5 Å². The zero-order valence-corrected chi connectivity index (χ0v) is 16.4. The Morgan fingerprint density at radius 2 is 1.64 bits per heavy atom. The van der Waals surface area contributed by atoms with Gasteiger partial charge in [-0.25, -0.2) is 0 Å². The maximum absolute atomic E-state index is 12.3. The summed E-state index contributed by atoms with van der Waals surface area (Å²) in [6.07, 6.45) is 6.10. The molecule has 3 aliphatic rings. The van der Waals surface area contributed by atoms with Crippen molar-refractivity contribution in [1.29, 1.82) is 0 Å². The Kier molecular flexibility index (Phi) is 6.27. The molecule has 0 unspecified atom stereocenters. The first-order chi connectivity index (χ1) is 13.7. The average molecular weight is 386 g/mol. The summed E-state index contributed by atoms with van der Waals surface area (Å²) in [5.74, 6) is -0.0167. The van der Waals surface area contributed by atoms with Gasteiger partial charge < -0.3 is 15.4 Å². The van der Waals surface area contributed by atoms with Crippen molar-refractivity contribution in [2.24, 2.45) is 0 Å². The third-order valence-corrected chi connectivity index (χ3v) is 6.25. The molecule has 2 N–H and O–H groups in total. The molecule has 6 heteroatoms. The zero-order chi connectivity index (χ0) is 19.3. The molecule has 6 nitrogen and oxygen atoms in total. The topological polar surface area (TPSA) is 70.7 Å². The number of carbonyl (C=O) groups excluding carboxylic acids is 2. The zero-order valence-electron chi connectivity index (χ0n) is 16.4. The molecule has 28 heavy (non-hydrogen) atoms. The molecule has 0 aromatic heterocycles. The first kappa shape index (κ1) is 19.4. The number of nitrogens with one attached hydrogen (secondary N) is 2. The number of hydrogen-bond acceptors (Lipinski definition) is 4. The molecule has 0 bridgehead atoms. The van der Waals surface area contributed by atoms with Gasteiger partial charge in [-0.15, -0.1) is 0 Å². The lowest BCUT2D eigenvalue weighted by molar-refractivity contribution is -0.127. The van der Waals surface area contributed by atoms with Crippen molar-refractivity contribution in [2.45, 2.75) is 69.2 Å². The standard InChI is InChI=1S/C22H31N3O3/c26-21(23-17-8-4-5-9-17)10-11-22(27)24-18-12-19-15-28-20(14-25(19)13-18)16-6-2-1-3-7-16/h1-3,6-7,17-20H,4-5,8-15H2,(H,23,26)(H,24,27)/t18-,19+,20-/m1/s1. The minimum absolute atomic E-state index is 0.00462. The van der Waals surface area contributed by atoms with Crippen molar-refractivity contribution >= 4 is 11.8 Å². The van der Waals surface area contributed by atoms with Crippen LogP contribution < -0.4 is 10.6 Å². The molecule has 2 aliphatic heterocycles. The number of amides is 2. The lowest BCUT2D eigenvalue weighted by atomic mass is 10.1. The van der Waals surface area contributed by atoms with Gasteiger partial charge in [-0.2, -0.15) is 0 Å². The Morgan fingerprint density at radius 1 is 0.964 bits per heavy atom. The van der Waals surface area contributed by atoms with Crippen LogP contribution in [0.2, 0.25) is 0 Å². The minimum Gasteiger partial charge on any atom is -0.371 e. The summed E-state index contributed by atoms with van der Waals surface area (Å²) < 4.78 is 6.07. The monoisotopic (exact) mass is 385 g/mol. The van der Waals surface area contributed by atoms with E-state index in [0.29, 0.717) is 18.7 Å². The second kappa shape index (κ2) is 9.05. The molecular formula is C22H31N3O3. The Labute approximate surface area is 167 Å². The summed E-state index contributed by atoms with van der Waals surface area (Å²) >= 11 is 0. The van der Waals surface area contributed by atoms with Gasteiger partial charge >= 0.3 is 0 Å². The largest absolute Gasteiger partial charge is 0.371 e. The average Bonchev–Trinajstić information content (AvgIpc) is 3.35. The molecule has 1 aromatic carbocycles. The molecule has 4 rings (SSSR count). The van der Waals surface area contributed by atoms with Crippen LogP contribution in [0.1, 0.15) is 56.6 Å². The Morgan fingerprint density at radius 3 is 2.36 bits per heavy atom. The van der Waals surface area contributed by atoms with Crippen molar-refractivity contribution in [1.82, 2.24) is 15.5 Å². The molecule has 2 amide bonds. The summed E-state index contributed by atoms with van der Waals surface area (Å²) in [5, 5.41) is 6.17. The molecule has 3 atom stereocenters. The van der Waals surface area contributed by atoms with E-state index in [1.807, 2.05) is 18.2 Å². The lowest BCUT2D eigenvalue weighted by Crippen LogP contribution is -2.43. The van der Waals surface area contributed by atoms with Gasteiger partial charge in [-0.05, 0) is 24.8 Å². The van der Waals surface area contributed by atoms with Crippen LogP contribution >= 0.6 is 0 Å². The fourth-order valence-corrected chi connectivity index (χ4v) is 4.74. The summed E-state index contributed by atoms with van der Waals surface area (Å²) in [5.41, 5.74) is 1.21. The smallest absolute Gasteiger partial charge is 0.220 e. The number of morpholine rings is 1.